The zero-order chi connectivity index (χ0) is 16.5. The van der Waals surface area contributed by atoms with Gasteiger partial charge in [-0.15, -0.1) is 6.58 Å². The highest BCUT2D eigenvalue weighted by atomic mass is 19.4. The zero-order valence-corrected chi connectivity index (χ0v) is 10.5. The first-order valence-corrected chi connectivity index (χ1v) is 5.63. The van der Waals surface area contributed by atoms with E-state index >= 15 is 0 Å². The van der Waals surface area contributed by atoms with Crippen LogP contribution in [0.1, 0.15) is 12.0 Å². The maximum absolute atomic E-state index is 13.9. The maximum atomic E-state index is 13.9. The molecule has 8 heteroatoms. The lowest BCUT2D eigenvalue weighted by atomic mass is 9.81. The lowest BCUT2D eigenvalue weighted by Crippen LogP contribution is -2.62. The molecule has 0 aliphatic carbocycles. The van der Waals surface area contributed by atoms with E-state index in [0.717, 1.165) is 24.3 Å². The highest BCUT2D eigenvalue weighted by Gasteiger charge is 2.79. The highest BCUT2D eigenvalue weighted by Crippen LogP contribution is 2.55. The van der Waals surface area contributed by atoms with Gasteiger partial charge in [-0.05, 0) is 5.56 Å². The highest BCUT2D eigenvalue weighted by molar-refractivity contribution is 5.28. The van der Waals surface area contributed by atoms with Gasteiger partial charge in [-0.1, -0.05) is 36.4 Å². The molecule has 1 aromatic rings. The fourth-order valence-electron chi connectivity index (χ4n) is 1.79. The summed E-state index contributed by atoms with van der Waals surface area (Å²) in [7, 11) is 0. The minimum atomic E-state index is -6.51. The van der Waals surface area contributed by atoms with Crippen LogP contribution in [0.5, 0.6) is 0 Å². The van der Waals surface area contributed by atoms with Gasteiger partial charge in [0.15, 0.2) is 5.60 Å². The Bertz CT molecular complexity index is 495. The van der Waals surface area contributed by atoms with E-state index in [1.165, 1.54) is 6.07 Å². The van der Waals surface area contributed by atoms with Crippen LogP contribution in [0, 0.1) is 0 Å². The number of alkyl halides is 7. The van der Waals surface area contributed by atoms with E-state index in [2.05, 4.69) is 6.58 Å². The second-order valence-corrected chi connectivity index (χ2v) is 4.37. The van der Waals surface area contributed by atoms with Gasteiger partial charge < -0.3 is 5.11 Å². The molecule has 0 bridgehead atoms. The summed E-state index contributed by atoms with van der Waals surface area (Å²) in [5.41, 5.74) is -4.51. The lowest BCUT2D eigenvalue weighted by molar-refractivity contribution is -0.390. The van der Waals surface area contributed by atoms with Crippen molar-refractivity contribution in [2.45, 2.75) is 30.0 Å². The van der Waals surface area contributed by atoms with E-state index in [9.17, 15) is 35.8 Å². The SMILES string of the molecule is C=CC[C@](O)(c1ccccc1)C(F)(F)C(F)(F)C(F)(F)F. The quantitative estimate of drug-likeness (QED) is 0.635. The molecule has 0 aliphatic rings. The Morgan fingerprint density at radius 2 is 1.38 bits per heavy atom. The average Bonchev–Trinajstić information content (AvgIpc) is 2.38. The van der Waals surface area contributed by atoms with Gasteiger partial charge in [0, 0.05) is 6.42 Å². The number of hydrogen-bond donors (Lipinski definition) is 1. The van der Waals surface area contributed by atoms with Crippen LogP contribution >= 0.6 is 0 Å². The fraction of sp³-hybridized carbons (Fsp3) is 0.385. The van der Waals surface area contributed by atoms with Gasteiger partial charge >= 0.3 is 18.0 Å². The molecule has 0 spiro atoms. The Balaban J connectivity index is 3.50. The third-order valence-electron chi connectivity index (χ3n) is 2.96. The van der Waals surface area contributed by atoms with Crippen LogP contribution in [-0.2, 0) is 5.60 Å². The Labute approximate surface area is 115 Å². The summed E-state index contributed by atoms with van der Waals surface area (Å²) in [6.07, 6.45) is -7.05. The van der Waals surface area contributed by atoms with Crippen LogP contribution in [0.2, 0.25) is 0 Å². The molecule has 0 amide bonds. The van der Waals surface area contributed by atoms with Gasteiger partial charge in [0.25, 0.3) is 0 Å². The molecule has 0 heterocycles. The Morgan fingerprint density at radius 3 is 1.76 bits per heavy atom. The van der Waals surface area contributed by atoms with Gasteiger partial charge in [-0.2, -0.15) is 30.7 Å². The molecule has 1 N–H and O–H groups in total. The van der Waals surface area contributed by atoms with Gasteiger partial charge in [0.05, 0.1) is 0 Å². The molecule has 0 unspecified atom stereocenters. The molecule has 1 aromatic carbocycles. The Kier molecular flexibility index (Phi) is 4.43. The van der Waals surface area contributed by atoms with Gasteiger partial charge in [-0.25, -0.2) is 0 Å². The summed E-state index contributed by atoms with van der Waals surface area (Å²) in [6.45, 7) is 3.01. The molecule has 0 aromatic heterocycles. The van der Waals surface area contributed by atoms with E-state index in [1.807, 2.05) is 0 Å². The van der Waals surface area contributed by atoms with Crippen LogP contribution in [0.4, 0.5) is 30.7 Å². The van der Waals surface area contributed by atoms with E-state index in [-0.39, 0.29) is 0 Å². The summed E-state index contributed by atoms with van der Waals surface area (Å²) in [5.74, 6) is -12.2. The number of benzene rings is 1. The third kappa shape index (κ3) is 2.64. The average molecular weight is 316 g/mol. The molecule has 0 aliphatic heterocycles. The van der Waals surface area contributed by atoms with Crippen LogP contribution in [0.25, 0.3) is 0 Å². The van der Waals surface area contributed by atoms with Crippen LogP contribution < -0.4 is 0 Å². The molecule has 118 valence electrons. The maximum Gasteiger partial charge on any atom is 0.460 e. The molecule has 0 saturated carbocycles. The smallest absolute Gasteiger partial charge is 0.378 e. The Hall–Kier alpha value is -1.57. The third-order valence-corrected chi connectivity index (χ3v) is 2.96. The van der Waals surface area contributed by atoms with Crippen molar-refractivity contribution in [3.8, 4) is 0 Å². The predicted octanol–water partition coefficient (Wildman–Crippen LogP) is 4.28. The number of halogens is 7. The van der Waals surface area contributed by atoms with Crippen molar-refractivity contribution in [2.75, 3.05) is 0 Å². The second-order valence-electron chi connectivity index (χ2n) is 4.37. The molecule has 1 atom stereocenters. The van der Waals surface area contributed by atoms with E-state index in [0.29, 0.717) is 6.08 Å². The van der Waals surface area contributed by atoms with Gasteiger partial charge in [0.2, 0.25) is 0 Å². The van der Waals surface area contributed by atoms with E-state index in [1.54, 1.807) is 0 Å². The van der Waals surface area contributed by atoms with Crippen molar-refractivity contribution in [3.05, 3.63) is 48.6 Å². The first-order chi connectivity index (χ1) is 9.42. The van der Waals surface area contributed by atoms with Crippen molar-refractivity contribution < 1.29 is 35.8 Å². The van der Waals surface area contributed by atoms with Crippen molar-refractivity contribution in [2.24, 2.45) is 0 Å². The minimum Gasteiger partial charge on any atom is -0.378 e. The van der Waals surface area contributed by atoms with Crippen LogP contribution in [0.15, 0.2) is 43.0 Å². The minimum absolute atomic E-state index is 0.646. The van der Waals surface area contributed by atoms with E-state index < -0.39 is 35.6 Å². The molecular weight excluding hydrogens is 305 g/mol. The second kappa shape index (κ2) is 5.32. The number of rotatable bonds is 5. The summed E-state index contributed by atoms with van der Waals surface area (Å²) < 4.78 is 90.7. The molecule has 0 saturated heterocycles. The van der Waals surface area contributed by atoms with Crippen LogP contribution in [0.3, 0.4) is 0 Å². The topological polar surface area (TPSA) is 20.2 Å². The molecule has 0 radical (unpaired) electrons. The summed E-state index contributed by atoms with van der Waals surface area (Å²) in [5, 5.41) is 9.91. The van der Waals surface area contributed by atoms with Crippen molar-refractivity contribution >= 4 is 0 Å². The van der Waals surface area contributed by atoms with Crippen LogP contribution in [-0.4, -0.2) is 23.1 Å². The lowest BCUT2D eigenvalue weighted by Gasteiger charge is -2.40. The largest absolute Gasteiger partial charge is 0.460 e. The molecule has 21 heavy (non-hydrogen) atoms. The monoisotopic (exact) mass is 316 g/mol. The van der Waals surface area contributed by atoms with E-state index in [4.69, 9.17) is 0 Å². The van der Waals surface area contributed by atoms with Gasteiger partial charge in [0.1, 0.15) is 0 Å². The molecular formula is C13H11F7O. The normalized spacial score (nSPS) is 16.4. The zero-order valence-electron chi connectivity index (χ0n) is 10.5. The first kappa shape index (κ1) is 17.5. The van der Waals surface area contributed by atoms with Crippen molar-refractivity contribution in [1.29, 1.82) is 0 Å². The summed E-state index contributed by atoms with van der Waals surface area (Å²) >= 11 is 0. The van der Waals surface area contributed by atoms with Crippen molar-refractivity contribution in [1.82, 2.24) is 0 Å². The fourth-order valence-corrected chi connectivity index (χ4v) is 1.79. The van der Waals surface area contributed by atoms with Crippen molar-refractivity contribution in [3.63, 3.8) is 0 Å². The number of hydrogen-bond acceptors (Lipinski definition) is 1. The summed E-state index contributed by atoms with van der Waals surface area (Å²) in [6, 6.07) is 5.27. The molecule has 1 nitrogen and oxygen atoms in total. The molecule has 1 rings (SSSR count). The number of aliphatic hydroxyl groups is 1. The van der Waals surface area contributed by atoms with Gasteiger partial charge in [-0.3, -0.25) is 0 Å². The Morgan fingerprint density at radius 1 is 0.905 bits per heavy atom. The standard InChI is InChI=1S/C13H11F7O/c1-2-8-10(21,9-6-4-3-5-7-9)11(14,15)12(16,17)13(18,19)20/h2-7,21H,1,8H2/t10-/m0/s1. The summed E-state index contributed by atoms with van der Waals surface area (Å²) in [4.78, 5) is 0. The predicted molar refractivity (Wildman–Crippen MR) is 61.1 cm³/mol. The first-order valence-electron chi connectivity index (χ1n) is 5.63. The molecule has 0 fully saturated rings.